The first-order chi connectivity index (χ1) is 7.59. The van der Waals surface area contributed by atoms with Gasteiger partial charge in [-0.05, 0) is 38.2 Å². The molecular formula is C12H15FN2O. The second-order valence-corrected chi connectivity index (χ2v) is 3.75. The van der Waals surface area contributed by atoms with E-state index in [1.54, 1.807) is 26.1 Å². The van der Waals surface area contributed by atoms with E-state index in [-0.39, 0.29) is 5.82 Å². The van der Waals surface area contributed by atoms with Crippen LogP contribution in [0.1, 0.15) is 13.3 Å². The number of nitriles is 1. The summed E-state index contributed by atoms with van der Waals surface area (Å²) in [6.07, 6.45) is 0.567. The minimum atomic E-state index is -0.583. The zero-order chi connectivity index (χ0) is 12.0. The van der Waals surface area contributed by atoms with Crippen molar-refractivity contribution >= 4 is 0 Å². The Morgan fingerprint density at radius 2 is 2.06 bits per heavy atom. The van der Waals surface area contributed by atoms with Gasteiger partial charge in [-0.2, -0.15) is 5.26 Å². The number of nitrogens with zero attached hydrogens (tertiary/aromatic N) is 1. The van der Waals surface area contributed by atoms with Crippen molar-refractivity contribution in [3.05, 3.63) is 30.1 Å². The summed E-state index contributed by atoms with van der Waals surface area (Å²) in [5.41, 5.74) is -0.583. The Hall–Kier alpha value is -1.60. The molecule has 1 unspecified atom stereocenters. The first kappa shape index (κ1) is 12.5. The van der Waals surface area contributed by atoms with Crippen molar-refractivity contribution in [1.82, 2.24) is 5.32 Å². The van der Waals surface area contributed by atoms with Crippen molar-refractivity contribution in [2.45, 2.75) is 18.9 Å². The summed E-state index contributed by atoms with van der Waals surface area (Å²) in [6, 6.07) is 8.00. The minimum absolute atomic E-state index is 0.288. The van der Waals surface area contributed by atoms with Gasteiger partial charge in [-0.25, -0.2) is 4.39 Å². The van der Waals surface area contributed by atoms with Crippen molar-refractivity contribution in [2.75, 3.05) is 13.7 Å². The average molecular weight is 222 g/mol. The van der Waals surface area contributed by atoms with E-state index >= 15 is 0 Å². The lowest BCUT2D eigenvalue weighted by atomic mass is 10.0. The maximum Gasteiger partial charge on any atom is 0.123 e. The first-order valence-electron chi connectivity index (χ1n) is 5.08. The lowest BCUT2D eigenvalue weighted by Crippen LogP contribution is -2.39. The van der Waals surface area contributed by atoms with Gasteiger partial charge >= 0.3 is 0 Å². The van der Waals surface area contributed by atoms with Crippen LogP contribution in [0.4, 0.5) is 4.39 Å². The van der Waals surface area contributed by atoms with E-state index in [0.29, 0.717) is 18.8 Å². The zero-order valence-corrected chi connectivity index (χ0v) is 9.46. The van der Waals surface area contributed by atoms with Gasteiger partial charge in [0.25, 0.3) is 0 Å². The van der Waals surface area contributed by atoms with Crippen molar-refractivity contribution in [3.8, 4) is 11.8 Å². The number of benzene rings is 1. The van der Waals surface area contributed by atoms with E-state index in [1.807, 2.05) is 0 Å². The molecule has 0 aliphatic rings. The Kier molecular flexibility index (Phi) is 4.27. The van der Waals surface area contributed by atoms with Gasteiger partial charge in [0.05, 0.1) is 12.7 Å². The topological polar surface area (TPSA) is 45.0 Å². The lowest BCUT2D eigenvalue weighted by molar-refractivity contribution is 0.272. The highest BCUT2D eigenvalue weighted by Gasteiger charge is 2.20. The molecule has 1 aromatic carbocycles. The van der Waals surface area contributed by atoms with Crippen molar-refractivity contribution in [1.29, 1.82) is 5.26 Å². The highest BCUT2D eigenvalue weighted by Crippen LogP contribution is 2.13. The fourth-order valence-electron chi connectivity index (χ4n) is 1.14. The molecule has 3 nitrogen and oxygen atoms in total. The maximum absolute atomic E-state index is 12.6. The smallest absolute Gasteiger partial charge is 0.123 e. The highest BCUT2D eigenvalue weighted by atomic mass is 19.1. The molecule has 0 saturated heterocycles. The summed E-state index contributed by atoms with van der Waals surface area (Å²) in [5, 5.41) is 11.8. The largest absolute Gasteiger partial charge is 0.493 e. The van der Waals surface area contributed by atoms with Gasteiger partial charge in [-0.1, -0.05) is 0 Å². The SMILES string of the molecule is CNC(C)(C#N)CCOc1ccc(F)cc1. The van der Waals surface area contributed by atoms with Gasteiger partial charge in [-0.3, -0.25) is 0 Å². The molecule has 0 radical (unpaired) electrons. The van der Waals surface area contributed by atoms with E-state index in [1.165, 1.54) is 12.1 Å². The van der Waals surface area contributed by atoms with Crippen LogP contribution < -0.4 is 10.1 Å². The molecule has 16 heavy (non-hydrogen) atoms. The number of nitrogens with one attached hydrogen (secondary N) is 1. The Morgan fingerprint density at radius 1 is 1.44 bits per heavy atom. The molecule has 0 heterocycles. The number of hydrogen-bond donors (Lipinski definition) is 1. The van der Waals surface area contributed by atoms with Gasteiger partial charge < -0.3 is 10.1 Å². The van der Waals surface area contributed by atoms with Crippen molar-refractivity contribution in [2.24, 2.45) is 0 Å². The van der Waals surface area contributed by atoms with Crippen molar-refractivity contribution in [3.63, 3.8) is 0 Å². The van der Waals surface area contributed by atoms with Crippen LogP contribution in [-0.2, 0) is 0 Å². The van der Waals surface area contributed by atoms with Crippen LogP contribution in [0.15, 0.2) is 24.3 Å². The molecule has 0 bridgehead atoms. The first-order valence-corrected chi connectivity index (χ1v) is 5.08. The molecule has 1 aromatic rings. The third kappa shape index (κ3) is 3.52. The fraction of sp³-hybridized carbons (Fsp3) is 0.417. The summed E-state index contributed by atoms with van der Waals surface area (Å²) in [5.74, 6) is 0.322. The van der Waals surface area contributed by atoms with E-state index in [0.717, 1.165) is 0 Å². The third-order valence-electron chi connectivity index (χ3n) is 2.48. The van der Waals surface area contributed by atoms with Crippen LogP contribution in [0, 0.1) is 17.1 Å². The number of ether oxygens (including phenoxy) is 1. The molecule has 1 N–H and O–H groups in total. The molecule has 1 atom stereocenters. The van der Waals surface area contributed by atoms with Gasteiger partial charge in [-0.15, -0.1) is 0 Å². The van der Waals surface area contributed by atoms with E-state index in [4.69, 9.17) is 10.00 Å². The molecule has 86 valence electrons. The van der Waals surface area contributed by atoms with E-state index in [2.05, 4.69) is 11.4 Å². The highest BCUT2D eigenvalue weighted by molar-refractivity contribution is 5.22. The summed E-state index contributed by atoms with van der Waals surface area (Å²) < 4.78 is 18.0. The van der Waals surface area contributed by atoms with Crippen LogP contribution in [0.2, 0.25) is 0 Å². The predicted molar refractivity (Wildman–Crippen MR) is 59.6 cm³/mol. The molecule has 0 amide bonds. The van der Waals surface area contributed by atoms with Gasteiger partial charge in [0, 0.05) is 6.42 Å². The molecule has 0 aliphatic heterocycles. The van der Waals surface area contributed by atoms with Crippen molar-refractivity contribution < 1.29 is 9.13 Å². The Bertz CT molecular complexity index is 372. The molecular weight excluding hydrogens is 207 g/mol. The summed E-state index contributed by atoms with van der Waals surface area (Å²) in [4.78, 5) is 0. The summed E-state index contributed by atoms with van der Waals surface area (Å²) in [6.45, 7) is 2.22. The molecule has 1 rings (SSSR count). The van der Waals surface area contributed by atoms with E-state index < -0.39 is 5.54 Å². The van der Waals surface area contributed by atoms with Crippen LogP contribution in [0.25, 0.3) is 0 Å². The Morgan fingerprint density at radius 3 is 2.56 bits per heavy atom. The lowest BCUT2D eigenvalue weighted by Gasteiger charge is -2.20. The molecule has 4 heteroatoms. The molecule has 0 spiro atoms. The monoisotopic (exact) mass is 222 g/mol. The second-order valence-electron chi connectivity index (χ2n) is 3.75. The van der Waals surface area contributed by atoms with Gasteiger partial charge in [0.2, 0.25) is 0 Å². The minimum Gasteiger partial charge on any atom is -0.493 e. The van der Waals surface area contributed by atoms with Gasteiger partial charge in [0.1, 0.15) is 17.1 Å². The fourth-order valence-corrected chi connectivity index (χ4v) is 1.14. The van der Waals surface area contributed by atoms with Crippen LogP contribution in [0.5, 0.6) is 5.75 Å². The molecule has 0 aliphatic carbocycles. The normalized spacial score (nSPS) is 13.9. The molecule has 0 saturated carbocycles. The van der Waals surface area contributed by atoms with Crippen LogP contribution in [-0.4, -0.2) is 19.2 Å². The number of rotatable bonds is 5. The summed E-state index contributed by atoms with van der Waals surface area (Å²) >= 11 is 0. The zero-order valence-electron chi connectivity index (χ0n) is 9.46. The number of hydrogen-bond acceptors (Lipinski definition) is 3. The quantitative estimate of drug-likeness (QED) is 0.829. The summed E-state index contributed by atoms with van der Waals surface area (Å²) in [7, 11) is 1.74. The number of halogens is 1. The average Bonchev–Trinajstić information content (AvgIpc) is 2.31. The molecule has 0 fully saturated rings. The molecule has 0 aromatic heterocycles. The van der Waals surface area contributed by atoms with Crippen LogP contribution in [0.3, 0.4) is 0 Å². The Labute approximate surface area is 94.8 Å². The Balaban J connectivity index is 2.42. The third-order valence-corrected chi connectivity index (χ3v) is 2.48. The second kappa shape index (κ2) is 5.47. The maximum atomic E-state index is 12.6. The van der Waals surface area contributed by atoms with Crippen LogP contribution >= 0.6 is 0 Å². The standard InChI is InChI=1S/C12H15FN2O/c1-12(9-14,15-2)7-8-16-11-5-3-10(13)4-6-11/h3-6,15H,7-8H2,1-2H3. The predicted octanol–water partition coefficient (Wildman–Crippen LogP) is 2.10. The van der Waals surface area contributed by atoms with E-state index in [9.17, 15) is 4.39 Å². The van der Waals surface area contributed by atoms with Gasteiger partial charge in [0.15, 0.2) is 0 Å².